The Labute approximate surface area is 39.1 Å². The third-order valence-corrected chi connectivity index (χ3v) is 0. The van der Waals surface area contributed by atoms with E-state index in [1.807, 2.05) is 0 Å². The van der Waals surface area contributed by atoms with Gasteiger partial charge < -0.3 is 10.2 Å². The summed E-state index contributed by atoms with van der Waals surface area (Å²) >= 11 is 0. The summed E-state index contributed by atoms with van der Waals surface area (Å²) in [6, 6.07) is 0. The van der Waals surface area contributed by atoms with E-state index in [2.05, 4.69) is 0 Å². The molecule has 0 bridgehead atoms. The first-order valence-electron chi connectivity index (χ1n) is 0.651. The van der Waals surface area contributed by atoms with Crippen LogP contribution in [0, 0.1) is 0 Å². The molecule has 3 nitrogen and oxygen atoms in total. The molecule has 0 spiro atoms. The molecule has 0 fully saturated rings. The maximum Gasteiger partial charge on any atom is 0.503 e. The van der Waals surface area contributed by atoms with E-state index in [-0.39, 0.29) is 17.1 Å². The summed E-state index contributed by atoms with van der Waals surface area (Å²) in [5.41, 5.74) is 0. The molecule has 0 aromatic carbocycles. The maximum atomic E-state index is 8.56. The molecule has 0 atom stereocenters. The molecule has 0 aromatic heterocycles. The average Bonchev–Trinajstić information content (AvgIpc) is 0.811. The molecule has 0 aliphatic heterocycles. The molecule has 0 unspecified atom stereocenters. The molecule has 0 aromatic rings. The standard InChI is InChI=1S/CH2O3.Cu/c2-1(3)4;/h(H2,2,3,4);. The first-order valence-corrected chi connectivity index (χ1v) is 0.651. The van der Waals surface area contributed by atoms with Crippen molar-refractivity contribution in [2.24, 2.45) is 0 Å². The Morgan fingerprint density at radius 1 is 1.40 bits per heavy atom. The molecule has 0 saturated carbocycles. The van der Waals surface area contributed by atoms with Crippen LogP contribution in [-0.2, 0) is 17.1 Å². The topological polar surface area (TPSA) is 57.5 Å². The second kappa shape index (κ2) is 3.79. The number of rotatable bonds is 0. The minimum Gasteiger partial charge on any atom is -0.450 e. The van der Waals surface area contributed by atoms with Gasteiger partial charge in [-0.1, -0.05) is 0 Å². The molecular formula is CH2CuO3. The zero-order valence-electron chi connectivity index (χ0n) is 2.10. The van der Waals surface area contributed by atoms with Crippen molar-refractivity contribution in [3.8, 4) is 0 Å². The fourth-order valence-corrected chi connectivity index (χ4v) is 0. The zero-order valence-corrected chi connectivity index (χ0v) is 3.05. The summed E-state index contributed by atoms with van der Waals surface area (Å²) in [5.74, 6) is 0. The van der Waals surface area contributed by atoms with Gasteiger partial charge in [-0.25, -0.2) is 4.79 Å². The molecule has 0 aliphatic carbocycles. The minimum atomic E-state index is -1.83. The monoisotopic (exact) mass is 125 g/mol. The van der Waals surface area contributed by atoms with Crippen molar-refractivity contribution >= 4 is 6.16 Å². The number of hydrogen-bond acceptors (Lipinski definition) is 1. The van der Waals surface area contributed by atoms with Gasteiger partial charge in [-0.05, 0) is 0 Å². The molecular weight excluding hydrogens is 124 g/mol. The Kier molecular flexibility index (Phi) is 6.70. The first-order chi connectivity index (χ1) is 1.73. The van der Waals surface area contributed by atoms with E-state index in [1.165, 1.54) is 0 Å². The van der Waals surface area contributed by atoms with E-state index < -0.39 is 6.16 Å². The smallest absolute Gasteiger partial charge is 0.450 e. The van der Waals surface area contributed by atoms with E-state index in [1.54, 1.807) is 0 Å². The molecule has 0 aliphatic rings. The Hall–Kier alpha value is -0.211. The van der Waals surface area contributed by atoms with Crippen molar-refractivity contribution in [3.63, 3.8) is 0 Å². The molecule has 0 amide bonds. The van der Waals surface area contributed by atoms with Crippen LogP contribution in [0.5, 0.6) is 0 Å². The molecule has 5 heavy (non-hydrogen) atoms. The van der Waals surface area contributed by atoms with Gasteiger partial charge in [0.2, 0.25) is 0 Å². The van der Waals surface area contributed by atoms with E-state index in [9.17, 15) is 0 Å². The Morgan fingerprint density at radius 3 is 1.40 bits per heavy atom. The van der Waals surface area contributed by atoms with Crippen LogP contribution in [0.25, 0.3) is 0 Å². The number of carboxylic acid groups (broad SMARTS) is 2. The minimum absolute atomic E-state index is 0. The van der Waals surface area contributed by atoms with Crippen molar-refractivity contribution in [2.45, 2.75) is 0 Å². The predicted octanol–water partition coefficient (Wildman–Crippen LogP) is 0.220. The predicted molar refractivity (Wildman–Crippen MR) is 10.7 cm³/mol. The summed E-state index contributed by atoms with van der Waals surface area (Å²) in [5, 5.41) is 13.9. The van der Waals surface area contributed by atoms with Gasteiger partial charge in [0.15, 0.2) is 0 Å². The normalized spacial score (nSPS) is 4.80. The Balaban J connectivity index is 0. The van der Waals surface area contributed by atoms with Gasteiger partial charge in [-0.15, -0.1) is 0 Å². The van der Waals surface area contributed by atoms with Crippen LogP contribution < -0.4 is 0 Å². The van der Waals surface area contributed by atoms with Crippen LogP contribution in [0.1, 0.15) is 0 Å². The molecule has 0 heterocycles. The van der Waals surface area contributed by atoms with Crippen molar-refractivity contribution in [2.75, 3.05) is 0 Å². The van der Waals surface area contributed by atoms with Crippen molar-refractivity contribution in [1.29, 1.82) is 0 Å². The number of hydrogen-bond donors (Lipinski definition) is 2. The van der Waals surface area contributed by atoms with Gasteiger partial charge in [0.05, 0.1) is 0 Å². The van der Waals surface area contributed by atoms with Crippen molar-refractivity contribution in [1.82, 2.24) is 0 Å². The third-order valence-electron chi connectivity index (χ3n) is 0. The quantitative estimate of drug-likeness (QED) is 0.456. The van der Waals surface area contributed by atoms with Gasteiger partial charge in [0.1, 0.15) is 0 Å². The zero-order chi connectivity index (χ0) is 3.58. The molecule has 0 rings (SSSR count). The molecule has 4 heteroatoms. The molecule has 0 saturated heterocycles. The van der Waals surface area contributed by atoms with E-state index >= 15 is 0 Å². The fourth-order valence-electron chi connectivity index (χ4n) is 0. The SMILES string of the molecule is O=C(O)O.[Cu]. The summed E-state index contributed by atoms with van der Waals surface area (Å²) in [6.07, 6.45) is -1.83. The molecule has 2 N–H and O–H groups in total. The first kappa shape index (κ1) is 8.84. The van der Waals surface area contributed by atoms with Crippen LogP contribution in [0.15, 0.2) is 0 Å². The van der Waals surface area contributed by atoms with Gasteiger partial charge >= 0.3 is 6.16 Å². The van der Waals surface area contributed by atoms with Crippen LogP contribution in [0.4, 0.5) is 4.79 Å². The van der Waals surface area contributed by atoms with Gasteiger partial charge in [0.25, 0.3) is 0 Å². The van der Waals surface area contributed by atoms with Gasteiger partial charge in [-0.3, -0.25) is 0 Å². The van der Waals surface area contributed by atoms with Gasteiger partial charge in [-0.2, -0.15) is 0 Å². The van der Waals surface area contributed by atoms with Crippen LogP contribution in [-0.4, -0.2) is 16.4 Å². The Morgan fingerprint density at radius 2 is 1.40 bits per heavy atom. The summed E-state index contributed by atoms with van der Waals surface area (Å²) < 4.78 is 0. The van der Waals surface area contributed by atoms with Crippen molar-refractivity contribution in [3.05, 3.63) is 0 Å². The van der Waals surface area contributed by atoms with Crippen LogP contribution >= 0.6 is 0 Å². The Bertz CT molecular complexity index is 29.9. The largest absolute Gasteiger partial charge is 0.503 e. The molecule has 35 valence electrons. The maximum absolute atomic E-state index is 8.56. The van der Waals surface area contributed by atoms with Crippen molar-refractivity contribution < 1.29 is 32.1 Å². The molecule has 1 radical (unpaired) electrons. The summed E-state index contributed by atoms with van der Waals surface area (Å²) in [6.45, 7) is 0. The third kappa shape index (κ3) is 274. The van der Waals surface area contributed by atoms with Crippen LogP contribution in [0.2, 0.25) is 0 Å². The summed E-state index contributed by atoms with van der Waals surface area (Å²) in [4.78, 5) is 8.56. The second-order valence-corrected chi connectivity index (χ2v) is 0.283. The van der Waals surface area contributed by atoms with Gasteiger partial charge in [0, 0.05) is 17.1 Å². The van der Waals surface area contributed by atoms with E-state index in [0.717, 1.165) is 0 Å². The van der Waals surface area contributed by atoms with Crippen LogP contribution in [0.3, 0.4) is 0 Å². The fraction of sp³-hybridized carbons (Fsp3) is 0. The van der Waals surface area contributed by atoms with E-state index in [4.69, 9.17) is 15.0 Å². The average molecular weight is 126 g/mol. The summed E-state index contributed by atoms with van der Waals surface area (Å²) in [7, 11) is 0. The van der Waals surface area contributed by atoms with E-state index in [0.29, 0.717) is 0 Å². The number of carbonyl (C=O) groups is 1. The second-order valence-electron chi connectivity index (χ2n) is 0.283.